The lowest BCUT2D eigenvalue weighted by molar-refractivity contribution is -0.384. The highest BCUT2D eigenvalue weighted by Gasteiger charge is 2.22. The Morgan fingerprint density at radius 3 is 2.50 bits per heavy atom. The minimum atomic E-state index is -0.412. The van der Waals surface area contributed by atoms with Gasteiger partial charge in [-0.05, 0) is 26.1 Å². The molecule has 0 radical (unpaired) electrons. The van der Waals surface area contributed by atoms with Gasteiger partial charge in [0, 0.05) is 25.7 Å². The van der Waals surface area contributed by atoms with Crippen LogP contribution < -0.4 is 10.6 Å². The lowest BCUT2D eigenvalue weighted by atomic mass is 10.2. The molecule has 1 aromatic rings. The maximum absolute atomic E-state index is 11.1. The third kappa shape index (κ3) is 4.65. The molecule has 1 aromatic heterocycles. The first-order valence-corrected chi connectivity index (χ1v) is 6.61. The Kier molecular flexibility index (Phi) is 5.69. The van der Waals surface area contributed by atoms with E-state index in [9.17, 15) is 10.1 Å². The van der Waals surface area contributed by atoms with Gasteiger partial charge in [0.05, 0.1) is 4.92 Å². The van der Waals surface area contributed by atoms with Crippen LogP contribution in [-0.2, 0) is 0 Å². The number of rotatable bonds is 7. The summed E-state index contributed by atoms with van der Waals surface area (Å²) in [5.74, 6) is 1.02. The smallest absolute Gasteiger partial charge is 0.311 e. The number of nitrogens with two attached hydrogens (primary N) is 1. The molecule has 2 N–H and O–H groups in total. The number of aromatic nitrogens is 1. The van der Waals surface area contributed by atoms with E-state index in [2.05, 4.69) is 18.8 Å². The predicted octanol–water partition coefficient (Wildman–Crippen LogP) is 1.60. The molecule has 7 nitrogen and oxygen atoms in total. The van der Waals surface area contributed by atoms with Gasteiger partial charge < -0.3 is 15.5 Å². The SMILES string of the molecule is CC(C)CN(CCN(C)C)c1nc(N)ccc1[N+](=O)[O-]. The van der Waals surface area contributed by atoms with Gasteiger partial charge in [0.25, 0.3) is 0 Å². The van der Waals surface area contributed by atoms with Gasteiger partial charge in [-0.15, -0.1) is 0 Å². The van der Waals surface area contributed by atoms with E-state index in [-0.39, 0.29) is 5.69 Å². The van der Waals surface area contributed by atoms with Gasteiger partial charge in [0.15, 0.2) is 0 Å². The molecule has 0 bridgehead atoms. The number of nitro groups is 1. The van der Waals surface area contributed by atoms with Crippen molar-refractivity contribution in [3.05, 3.63) is 22.2 Å². The minimum Gasteiger partial charge on any atom is -0.384 e. The highest BCUT2D eigenvalue weighted by molar-refractivity contribution is 5.61. The molecule has 0 aromatic carbocycles. The molecule has 0 aliphatic heterocycles. The predicted molar refractivity (Wildman–Crippen MR) is 80.9 cm³/mol. The summed E-state index contributed by atoms with van der Waals surface area (Å²) in [7, 11) is 3.93. The molecule has 0 saturated heterocycles. The molecular formula is C13H23N5O2. The molecule has 0 fully saturated rings. The lowest BCUT2D eigenvalue weighted by Gasteiger charge is -2.26. The second-order valence-corrected chi connectivity index (χ2v) is 5.48. The zero-order chi connectivity index (χ0) is 15.3. The number of nitrogen functional groups attached to an aromatic ring is 1. The summed E-state index contributed by atoms with van der Waals surface area (Å²) >= 11 is 0. The topological polar surface area (TPSA) is 88.5 Å². The van der Waals surface area contributed by atoms with Crippen LogP contribution in [0.4, 0.5) is 17.3 Å². The molecule has 0 atom stereocenters. The van der Waals surface area contributed by atoms with Gasteiger partial charge in [-0.25, -0.2) is 4.98 Å². The van der Waals surface area contributed by atoms with Crippen LogP contribution in [0.3, 0.4) is 0 Å². The summed E-state index contributed by atoms with van der Waals surface area (Å²) in [6.07, 6.45) is 0. The summed E-state index contributed by atoms with van der Waals surface area (Å²) < 4.78 is 0. The van der Waals surface area contributed by atoms with Crippen molar-refractivity contribution in [1.29, 1.82) is 0 Å². The average molecular weight is 281 g/mol. The maximum Gasteiger partial charge on any atom is 0.311 e. The van der Waals surface area contributed by atoms with Gasteiger partial charge in [-0.2, -0.15) is 0 Å². The molecule has 0 amide bonds. The van der Waals surface area contributed by atoms with Crippen LogP contribution in [0.2, 0.25) is 0 Å². The molecule has 7 heteroatoms. The van der Waals surface area contributed by atoms with Crippen molar-refractivity contribution < 1.29 is 4.92 Å². The van der Waals surface area contributed by atoms with Crippen LogP contribution in [0, 0.1) is 16.0 Å². The van der Waals surface area contributed by atoms with Crippen molar-refractivity contribution in [2.45, 2.75) is 13.8 Å². The van der Waals surface area contributed by atoms with Crippen molar-refractivity contribution in [2.75, 3.05) is 44.4 Å². The van der Waals surface area contributed by atoms with E-state index in [1.807, 2.05) is 23.9 Å². The summed E-state index contributed by atoms with van der Waals surface area (Å²) in [4.78, 5) is 18.9. The third-order valence-corrected chi connectivity index (χ3v) is 2.77. The minimum absolute atomic E-state index is 0.00129. The first kappa shape index (κ1) is 16.2. The molecule has 0 spiro atoms. The highest BCUT2D eigenvalue weighted by atomic mass is 16.6. The summed E-state index contributed by atoms with van der Waals surface area (Å²) in [5.41, 5.74) is 5.68. The van der Waals surface area contributed by atoms with Gasteiger partial charge in [-0.1, -0.05) is 13.8 Å². The van der Waals surface area contributed by atoms with Gasteiger partial charge >= 0.3 is 5.69 Å². The largest absolute Gasteiger partial charge is 0.384 e. The Balaban J connectivity index is 3.10. The monoisotopic (exact) mass is 281 g/mol. The number of hydrogen-bond donors (Lipinski definition) is 1. The number of likely N-dealkylation sites (N-methyl/N-ethyl adjacent to an activating group) is 1. The molecule has 0 saturated carbocycles. The highest BCUT2D eigenvalue weighted by Crippen LogP contribution is 2.27. The molecule has 0 aliphatic carbocycles. The Morgan fingerprint density at radius 2 is 2.00 bits per heavy atom. The molecule has 112 valence electrons. The fraction of sp³-hybridized carbons (Fsp3) is 0.615. The summed E-state index contributed by atoms with van der Waals surface area (Å²) in [5, 5.41) is 11.1. The van der Waals surface area contributed by atoms with Gasteiger partial charge in [-0.3, -0.25) is 10.1 Å². The Labute approximate surface area is 119 Å². The first-order valence-electron chi connectivity index (χ1n) is 6.61. The molecular weight excluding hydrogens is 258 g/mol. The van der Waals surface area contributed by atoms with Crippen LogP contribution in [0.25, 0.3) is 0 Å². The fourth-order valence-corrected chi connectivity index (χ4v) is 1.88. The van der Waals surface area contributed by atoms with Crippen molar-refractivity contribution in [1.82, 2.24) is 9.88 Å². The lowest BCUT2D eigenvalue weighted by Crippen LogP contribution is -2.35. The van der Waals surface area contributed by atoms with Gasteiger partial charge in [0.2, 0.25) is 5.82 Å². The summed E-state index contributed by atoms with van der Waals surface area (Å²) in [6.45, 7) is 6.30. The second kappa shape index (κ2) is 7.04. The Hall–Kier alpha value is -1.89. The fourth-order valence-electron chi connectivity index (χ4n) is 1.88. The van der Waals surface area contributed by atoms with E-state index in [0.717, 1.165) is 6.54 Å². The molecule has 1 rings (SSSR count). The van der Waals surface area contributed by atoms with Crippen LogP contribution in [0.15, 0.2) is 12.1 Å². The Morgan fingerprint density at radius 1 is 1.35 bits per heavy atom. The van der Waals surface area contributed by atoms with E-state index in [1.165, 1.54) is 12.1 Å². The first-order chi connectivity index (χ1) is 9.31. The van der Waals surface area contributed by atoms with E-state index in [4.69, 9.17) is 5.73 Å². The van der Waals surface area contributed by atoms with Crippen LogP contribution in [-0.4, -0.2) is 48.5 Å². The van der Waals surface area contributed by atoms with E-state index < -0.39 is 4.92 Å². The van der Waals surface area contributed by atoms with Gasteiger partial charge in [0.1, 0.15) is 5.82 Å². The van der Waals surface area contributed by atoms with Crippen molar-refractivity contribution in [2.24, 2.45) is 5.92 Å². The van der Waals surface area contributed by atoms with Crippen molar-refractivity contribution >= 4 is 17.3 Å². The normalized spacial score (nSPS) is 11.1. The van der Waals surface area contributed by atoms with Crippen LogP contribution in [0.1, 0.15) is 13.8 Å². The molecule has 0 unspecified atom stereocenters. The Bertz CT molecular complexity index is 462. The van der Waals surface area contributed by atoms with Crippen molar-refractivity contribution in [3.8, 4) is 0 Å². The second-order valence-electron chi connectivity index (χ2n) is 5.48. The van der Waals surface area contributed by atoms with Crippen LogP contribution in [0.5, 0.6) is 0 Å². The van der Waals surface area contributed by atoms with E-state index >= 15 is 0 Å². The standard InChI is InChI=1S/C13H23N5O2/c1-10(2)9-17(8-7-16(3)4)13-11(18(19)20)5-6-12(14)15-13/h5-6,10H,7-9H2,1-4H3,(H2,14,15). The molecule has 20 heavy (non-hydrogen) atoms. The molecule has 0 aliphatic rings. The number of hydrogen-bond acceptors (Lipinski definition) is 6. The number of pyridine rings is 1. The zero-order valence-electron chi connectivity index (χ0n) is 12.5. The summed E-state index contributed by atoms with van der Waals surface area (Å²) in [6, 6.07) is 2.88. The maximum atomic E-state index is 11.1. The van der Waals surface area contributed by atoms with E-state index in [1.54, 1.807) is 0 Å². The third-order valence-electron chi connectivity index (χ3n) is 2.77. The average Bonchev–Trinajstić information content (AvgIpc) is 2.33. The van der Waals surface area contributed by atoms with Crippen LogP contribution >= 0.6 is 0 Å². The van der Waals surface area contributed by atoms with Crippen molar-refractivity contribution in [3.63, 3.8) is 0 Å². The quantitative estimate of drug-likeness (QED) is 0.603. The number of anilines is 2. The molecule has 1 heterocycles. The van der Waals surface area contributed by atoms with E-state index in [0.29, 0.717) is 30.6 Å². The number of nitrogens with zero attached hydrogens (tertiary/aromatic N) is 4. The zero-order valence-corrected chi connectivity index (χ0v) is 12.5.